The Labute approximate surface area is 147 Å². The molecule has 1 heterocycles. The molecule has 130 valence electrons. The molecule has 0 saturated carbocycles. The number of amides is 2. The second kappa shape index (κ2) is 8.73. The van der Waals surface area contributed by atoms with Crippen LogP contribution in [0.3, 0.4) is 0 Å². The number of urea groups is 1. The molecule has 0 unspecified atom stereocenters. The number of allylic oxidation sites excluding steroid dienone is 1. The molecule has 0 radical (unpaired) electrons. The van der Waals surface area contributed by atoms with Crippen LogP contribution in [0.2, 0.25) is 5.02 Å². The van der Waals surface area contributed by atoms with Gasteiger partial charge in [0, 0.05) is 10.7 Å². The molecule has 2 amide bonds. The van der Waals surface area contributed by atoms with Gasteiger partial charge in [-0.05, 0) is 25.0 Å². The van der Waals surface area contributed by atoms with Crippen LogP contribution in [0, 0.1) is 0 Å². The number of halogens is 1. The first-order valence-corrected chi connectivity index (χ1v) is 8.62. The number of carbonyl (C=O) groups is 2. The summed E-state index contributed by atoms with van der Waals surface area (Å²) in [5, 5.41) is 5.87. The van der Waals surface area contributed by atoms with Crippen molar-refractivity contribution in [3.05, 3.63) is 46.1 Å². The quantitative estimate of drug-likeness (QED) is 0.575. The fourth-order valence-corrected chi connectivity index (χ4v) is 2.92. The van der Waals surface area contributed by atoms with Crippen LogP contribution in [0.4, 0.5) is 4.79 Å². The van der Waals surface area contributed by atoms with Crippen molar-refractivity contribution in [3.8, 4) is 0 Å². The van der Waals surface area contributed by atoms with E-state index < -0.39 is 12.0 Å². The van der Waals surface area contributed by atoms with Gasteiger partial charge >= 0.3 is 12.0 Å². The van der Waals surface area contributed by atoms with Gasteiger partial charge in [-0.3, -0.25) is 0 Å². The first-order chi connectivity index (χ1) is 11.5. The molecular formula is C18H23ClN2O3. The van der Waals surface area contributed by atoms with Crippen LogP contribution in [-0.4, -0.2) is 18.6 Å². The zero-order chi connectivity index (χ0) is 17.5. The van der Waals surface area contributed by atoms with Gasteiger partial charge in [-0.25, -0.2) is 9.59 Å². The number of unbranched alkanes of at least 4 members (excludes halogenated alkanes) is 3. The van der Waals surface area contributed by atoms with Gasteiger partial charge in [0.25, 0.3) is 0 Å². The number of rotatable bonds is 7. The molecule has 2 rings (SSSR count). The van der Waals surface area contributed by atoms with Gasteiger partial charge in [0.05, 0.1) is 18.2 Å². The fourth-order valence-electron chi connectivity index (χ4n) is 2.68. The van der Waals surface area contributed by atoms with E-state index in [1.807, 2.05) is 6.07 Å². The highest BCUT2D eigenvalue weighted by atomic mass is 35.5. The molecule has 1 aliphatic heterocycles. The smallest absolute Gasteiger partial charge is 0.338 e. The van der Waals surface area contributed by atoms with E-state index >= 15 is 0 Å². The van der Waals surface area contributed by atoms with Crippen molar-refractivity contribution in [3.63, 3.8) is 0 Å². The molecule has 0 saturated heterocycles. The van der Waals surface area contributed by atoms with Crippen molar-refractivity contribution >= 4 is 23.6 Å². The summed E-state index contributed by atoms with van der Waals surface area (Å²) in [6, 6.07) is 6.16. The van der Waals surface area contributed by atoms with E-state index in [1.165, 1.54) is 0 Å². The lowest BCUT2D eigenvalue weighted by Gasteiger charge is -2.28. The average Bonchev–Trinajstić information content (AvgIpc) is 2.54. The number of nitrogens with one attached hydrogen (secondary N) is 2. The summed E-state index contributed by atoms with van der Waals surface area (Å²) in [5.74, 6) is -0.429. The number of ether oxygens (including phenoxy) is 1. The lowest BCUT2D eigenvalue weighted by Crippen LogP contribution is -2.45. The Hall–Kier alpha value is -2.01. The average molecular weight is 351 g/mol. The maximum absolute atomic E-state index is 12.5. The first kappa shape index (κ1) is 18.3. The number of carbonyl (C=O) groups excluding carboxylic acids is 2. The van der Waals surface area contributed by atoms with Gasteiger partial charge in [-0.15, -0.1) is 0 Å². The van der Waals surface area contributed by atoms with Crippen LogP contribution in [-0.2, 0) is 9.53 Å². The lowest BCUT2D eigenvalue weighted by molar-refractivity contribution is -0.139. The lowest BCUT2D eigenvalue weighted by atomic mass is 9.95. The van der Waals surface area contributed by atoms with Crippen LogP contribution < -0.4 is 10.6 Å². The van der Waals surface area contributed by atoms with Crippen molar-refractivity contribution < 1.29 is 14.3 Å². The molecule has 0 aliphatic carbocycles. The van der Waals surface area contributed by atoms with Crippen LogP contribution in [0.15, 0.2) is 35.5 Å². The van der Waals surface area contributed by atoms with Crippen molar-refractivity contribution in [2.45, 2.75) is 45.6 Å². The summed E-state index contributed by atoms with van der Waals surface area (Å²) in [4.78, 5) is 24.3. The first-order valence-electron chi connectivity index (χ1n) is 8.24. The Morgan fingerprint density at radius 2 is 2.00 bits per heavy atom. The van der Waals surface area contributed by atoms with Crippen LogP contribution in [0.5, 0.6) is 0 Å². The standard InChI is InChI=1S/C18H23ClN2O3/c1-3-4-5-8-11-24-17(22)15-12(2)20-18(23)21-16(15)13-9-6-7-10-14(13)19/h6-7,9-10,16H,3-5,8,11H2,1-2H3,(H2,20,21,23)/t16-/m0/s1. The molecule has 1 aromatic carbocycles. The second-order valence-corrected chi connectivity index (χ2v) is 6.20. The van der Waals surface area contributed by atoms with Gasteiger partial charge in [-0.1, -0.05) is 56.0 Å². The van der Waals surface area contributed by atoms with E-state index in [0.29, 0.717) is 28.5 Å². The predicted molar refractivity (Wildman–Crippen MR) is 93.7 cm³/mol. The highest BCUT2D eigenvalue weighted by Gasteiger charge is 2.33. The minimum atomic E-state index is -0.615. The number of esters is 1. The predicted octanol–water partition coefficient (Wildman–Crippen LogP) is 4.09. The summed E-state index contributed by atoms with van der Waals surface area (Å²) in [6.45, 7) is 4.19. The monoisotopic (exact) mass is 350 g/mol. The molecule has 1 atom stereocenters. The van der Waals surface area contributed by atoms with E-state index in [-0.39, 0.29) is 6.03 Å². The van der Waals surface area contributed by atoms with Crippen LogP contribution in [0.25, 0.3) is 0 Å². The van der Waals surface area contributed by atoms with Crippen molar-refractivity contribution in [2.75, 3.05) is 6.61 Å². The summed E-state index contributed by atoms with van der Waals surface area (Å²) >= 11 is 6.24. The van der Waals surface area contributed by atoms with Crippen LogP contribution >= 0.6 is 11.6 Å². The Balaban J connectivity index is 2.17. The van der Waals surface area contributed by atoms with Crippen molar-refractivity contribution in [2.24, 2.45) is 0 Å². The Bertz CT molecular complexity index is 643. The Kier molecular flexibility index (Phi) is 6.67. The summed E-state index contributed by atoms with van der Waals surface area (Å²) < 4.78 is 5.39. The van der Waals surface area contributed by atoms with E-state index in [0.717, 1.165) is 25.7 Å². The summed E-state index contributed by atoms with van der Waals surface area (Å²) in [5.41, 5.74) is 1.55. The molecule has 0 fully saturated rings. The van der Waals surface area contributed by atoms with E-state index in [2.05, 4.69) is 17.6 Å². The maximum Gasteiger partial charge on any atom is 0.338 e. The van der Waals surface area contributed by atoms with Gasteiger partial charge in [0.1, 0.15) is 0 Å². The normalized spacial score (nSPS) is 17.3. The van der Waals surface area contributed by atoms with E-state index in [1.54, 1.807) is 25.1 Å². The van der Waals surface area contributed by atoms with Gasteiger partial charge < -0.3 is 15.4 Å². The van der Waals surface area contributed by atoms with Crippen molar-refractivity contribution in [1.82, 2.24) is 10.6 Å². The highest BCUT2D eigenvalue weighted by Crippen LogP contribution is 2.31. The fraction of sp³-hybridized carbons (Fsp3) is 0.444. The molecule has 0 bridgehead atoms. The summed E-state index contributed by atoms with van der Waals surface area (Å²) in [6.07, 6.45) is 4.12. The highest BCUT2D eigenvalue weighted by molar-refractivity contribution is 6.31. The molecular weight excluding hydrogens is 328 g/mol. The molecule has 1 aromatic rings. The number of hydrogen-bond donors (Lipinski definition) is 2. The van der Waals surface area contributed by atoms with E-state index in [9.17, 15) is 9.59 Å². The molecule has 24 heavy (non-hydrogen) atoms. The Morgan fingerprint density at radius 1 is 1.25 bits per heavy atom. The summed E-state index contributed by atoms with van der Waals surface area (Å²) in [7, 11) is 0. The molecule has 0 aromatic heterocycles. The van der Waals surface area contributed by atoms with Gasteiger partial charge in [0.15, 0.2) is 0 Å². The number of hydrogen-bond acceptors (Lipinski definition) is 3. The third-order valence-electron chi connectivity index (χ3n) is 3.94. The molecule has 2 N–H and O–H groups in total. The largest absolute Gasteiger partial charge is 0.462 e. The topological polar surface area (TPSA) is 67.4 Å². The minimum absolute atomic E-state index is 0.364. The third kappa shape index (κ3) is 4.51. The van der Waals surface area contributed by atoms with Crippen LogP contribution in [0.1, 0.15) is 51.1 Å². The van der Waals surface area contributed by atoms with Crippen molar-refractivity contribution in [1.29, 1.82) is 0 Å². The zero-order valence-corrected chi connectivity index (χ0v) is 14.8. The molecule has 5 nitrogen and oxygen atoms in total. The third-order valence-corrected chi connectivity index (χ3v) is 4.28. The SMILES string of the molecule is CCCCCCOC(=O)C1=C(C)NC(=O)N[C@H]1c1ccccc1Cl. The van der Waals surface area contributed by atoms with Gasteiger partial charge in [-0.2, -0.15) is 0 Å². The Morgan fingerprint density at radius 3 is 2.71 bits per heavy atom. The molecule has 1 aliphatic rings. The second-order valence-electron chi connectivity index (χ2n) is 5.79. The van der Waals surface area contributed by atoms with Gasteiger partial charge in [0.2, 0.25) is 0 Å². The zero-order valence-electron chi connectivity index (χ0n) is 14.0. The molecule has 0 spiro atoms. The van der Waals surface area contributed by atoms with E-state index in [4.69, 9.17) is 16.3 Å². The molecule has 6 heteroatoms. The number of benzene rings is 1. The minimum Gasteiger partial charge on any atom is -0.462 e. The maximum atomic E-state index is 12.5.